The van der Waals surface area contributed by atoms with Gasteiger partial charge in [0.25, 0.3) is 5.91 Å². The number of aliphatic imine (C=N–C) groups is 1. The van der Waals surface area contributed by atoms with Gasteiger partial charge >= 0.3 is 0 Å². The highest BCUT2D eigenvalue weighted by Crippen LogP contribution is 2.17. The van der Waals surface area contributed by atoms with Gasteiger partial charge in [-0.1, -0.05) is 30.3 Å². The van der Waals surface area contributed by atoms with E-state index in [9.17, 15) is 9.59 Å². The molecule has 5 nitrogen and oxygen atoms in total. The van der Waals surface area contributed by atoms with Gasteiger partial charge in [-0.15, -0.1) is 0 Å². The fourth-order valence-electron chi connectivity index (χ4n) is 1.71. The second-order valence-corrected chi connectivity index (χ2v) is 3.96. The van der Waals surface area contributed by atoms with Gasteiger partial charge in [0.2, 0.25) is 5.91 Å². The molecular weight excluding hydrogens is 230 g/mol. The fourth-order valence-corrected chi connectivity index (χ4v) is 1.71. The molecule has 0 bridgehead atoms. The molecule has 1 heterocycles. The number of nitrogens with zero attached hydrogens (tertiary/aromatic N) is 2. The molecule has 0 unspecified atom stereocenters. The van der Waals surface area contributed by atoms with Crippen molar-refractivity contribution in [3.8, 4) is 0 Å². The first-order valence-corrected chi connectivity index (χ1v) is 5.50. The highest BCUT2D eigenvalue weighted by molar-refractivity contribution is 6.15. The predicted molar refractivity (Wildman–Crippen MR) is 68.4 cm³/mol. The molecule has 0 aromatic heterocycles. The standard InChI is InChI=1S/C13H13N3O2/c1-9-15-11(7-10-5-3-2-4-6-10)13(18)16(9)8-12(14)17/h2-7H,8H2,1H3,(H2,14,17)/b11-7-. The second-order valence-electron chi connectivity index (χ2n) is 3.96. The van der Waals surface area contributed by atoms with E-state index in [0.29, 0.717) is 11.5 Å². The van der Waals surface area contributed by atoms with Gasteiger partial charge in [0.15, 0.2) is 0 Å². The van der Waals surface area contributed by atoms with Crippen LogP contribution in [-0.2, 0) is 9.59 Å². The van der Waals surface area contributed by atoms with E-state index in [4.69, 9.17) is 5.73 Å². The summed E-state index contributed by atoms with van der Waals surface area (Å²) in [4.78, 5) is 28.3. The van der Waals surface area contributed by atoms with E-state index in [1.165, 1.54) is 4.90 Å². The molecular formula is C13H13N3O2. The molecule has 2 rings (SSSR count). The van der Waals surface area contributed by atoms with Crippen LogP contribution in [0, 0.1) is 0 Å². The summed E-state index contributed by atoms with van der Waals surface area (Å²) in [5, 5.41) is 0. The average Bonchev–Trinajstić information content (AvgIpc) is 2.58. The van der Waals surface area contributed by atoms with Gasteiger partial charge in [0, 0.05) is 0 Å². The molecule has 92 valence electrons. The molecule has 0 spiro atoms. The van der Waals surface area contributed by atoms with Crippen LogP contribution < -0.4 is 5.73 Å². The molecule has 0 saturated heterocycles. The number of amidine groups is 1. The molecule has 1 aliphatic rings. The van der Waals surface area contributed by atoms with Crippen LogP contribution in [0.25, 0.3) is 6.08 Å². The molecule has 0 saturated carbocycles. The van der Waals surface area contributed by atoms with E-state index in [0.717, 1.165) is 5.56 Å². The molecule has 18 heavy (non-hydrogen) atoms. The lowest BCUT2D eigenvalue weighted by Crippen LogP contribution is -2.38. The maximum atomic E-state index is 12.0. The van der Waals surface area contributed by atoms with Gasteiger partial charge in [-0.3, -0.25) is 14.5 Å². The summed E-state index contributed by atoms with van der Waals surface area (Å²) in [5.41, 5.74) is 6.29. The molecule has 0 radical (unpaired) electrons. The third-order valence-corrected chi connectivity index (χ3v) is 2.55. The Bertz CT molecular complexity index is 547. The quantitative estimate of drug-likeness (QED) is 0.796. The van der Waals surface area contributed by atoms with Crippen molar-refractivity contribution in [3.63, 3.8) is 0 Å². The molecule has 0 fully saturated rings. The van der Waals surface area contributed by atoms with Crippen molar-refractivity contribution >= 4 is 23.7 Å². The van der Waals surface area contributed by atoms with Gasteiger partial charge < -0.3 is 5.73 Å². The summed E-state index contributed by atoms with van der Waals surface area (Å²) in [6.07, 6.45) is 1.69. The van der Waals surface area contributed by atoms with Crippen LogP contribution >= 0.6 is 0 Å². The zero-order chi connectivity index (χ0) is 13.1. The van der Waals surface area contributed by atoms with E-state index in [2.05, 4.69) is 4.99 Å². The summed E-state index contributed by atoms with van der Waals surface area (Å²) < 4.78 is 0. The number of primary amides is 1. The highest BCUT2D eigenvalue weighted by atomic mass is 16.2. The van der Waals surface area contributed by atoms with Crippen molar-refractivity contribution in [1.82, 2.24) is 4.90 Å². The Hall–Kier alpha value is -2.43. The Morgan fingerprint density at radius 3 is 2.67 bits per heavy atom. The van der Waals surface area contributed by atoms with Gasteiger partial charge in [-0.2, -0.15) is 0 Å². The topological polar surface area (TPSA) is 75.8 Å². The first-order chi connectivity index (χ1) is 8.58. The number of benzene rings is 1. The van der Waals surface area contributed by atoms with E-state index in [1.54, 1.807) is 13.0 Å². The van der Waals surface area contributed by atoms with Gasteiger partial charge in [-0.05, 0) is 18.6 Å². The zero-order valence-electron chi connectivity index (χ0n) is 9.96. The first kappa shape index (κ1) is 12.0. The summed E-state index contributed by atoms with van der Waals surface area (Å²) in [5.74, 6) is -0.366. The number of rotatable bonds is 3. The third-order valence-electron chi connectivity index (χ3n) is 2.55. The minimum atomic E-state index is -0.557. The fraction of sp³-hybridized carbons (Fsp3) is 0.154. The van der Waals surface area contributed by atoms with Crippen LogP contribution in [0.4, 0.5) is 0 Å². The second kappa shape index (κ2) is 4.83. The van der Waals surface area contributed by atoms with Crippen molar-refractivity contribution < 1.29 is 9.59 Å². The maximum absolute atomic E-state index is 12.0. The largest absolute Gasteiger partial charge is 0.368 e. The summed E-state index contributed by atoms with van der Waals surface area (Å²) in [6.45, 7) is 1.53. The zero-order valence-corrected chi connectivity index (χ0v) is 9.96. The number of carbonyl (C=O) groups excluding carboxylic acids is 2. The van der Waals surface area contributed by atoms with Gasteiger partial charge in [0.1, 0.15) is 18.1 Å². The lowest BCUT2D eigenvalue weighted by Gasteiger charge is -2.12. The Balaban J connectivity index is 2.25. The van der Waals surface area contributed by atoms with Crippen molar-refractivity contribution in [2.24, 2.45) is 10.7 Å². The van der Waals surface area contributed by atoms with Crippen LogP contribution in [0.1, 0.15) is 12.5 Å². The molecule has 2 amide bonds. The third kappa shape index (κ3) is 2.45. The molecule has 0 atom stereocenters. The number of hydrogen-bond acceptors (Lipinski definition) is 3. The molecule has 2 N–H and O–H groups in total. The van der Waals surface area contributed by atoms with Crippen molar-refractivity contribution in [1.29, 1.82) is 0 Å². The van der Waals surface area contributed by atoms with Crippen molar-refractivity contribution in [3.05, 3.63) is 41.6 Å². The van der Waals surface area contributed by atoms with Crippen LogP contribution in [0.2, 0.25) is 0 Å². The van der Waals surface area contributed by atoms with Crippen molar-refractivity contribution in [2.75, 3.05) is 6.54 Å². The monoisotopic (exact) mass is 243 g/mol. The Kier molecular flexibility index (Phi) is 3.23. The predicted octanol–water partition coefficient (Wildman–Crippen LogP) is 0.773. The maximum Gasteiger partial charge on any atom is 0.278 e. The minimum absolute atomic E-state index is 0.139. The van der Waals surface area contributed by atoms with E-state index < -0.39 is 5.91 Å². The smallest absolute Gasteiger partial charge is 0.278 e. The van der Waals surface area contributed by atoms with E-state index in [1.807, 2.05) is 30.3 Å². The van der Waals surface area contributed by atoms with Crippen LogP contribution in [-0.4, -0.2) is 29.1 Å². The lowest BCUT2D eigenvalue weighted by molar-refractivity contribution is -0.127. The molecule has 1 aromatic rings. The summed E-state index contributed by atoms with van der Waals surface area (Å²) in [7, 11) is 0. The molecule has 5 heteroatoms. The lowest BCUT2D eigenvalue weighted by atomic mass is 10.2. The van der Waals surface area contributed by atoms with E-state index >= 15 is 0 Å². The number of amides is 2. The molecule has 0 aliphatic carbocycles. The van der Waals surface area contributed by atoms with E-state index in [-0.39, 0.29) is 12.5 Å². The van der Waals surface area contributed by atoms with Crippen LogP contribution in [0.5, 0.6) is 0 Å². The minimum Gasteiger partial charge on any atom is -0.368 e. The first-order valence-electron chi connectivity index (χ1n) is 5.50. The highest BCUT2D eigenvalue weighted by Gasteiger charge is 2.28. The Labute approximate surface area is 105 Å². The van der Waals surface area contributed by atoms with Crippen LogP contribution in [0.15, 0.2) is 41.0 Å². The number of hydrogen-bond donors (Lipinski definition) is 1. The Morgan fingerprint density at radius 1 is 1.39 bits per heavy atom. The average molecular weight is 243 g/mol. The van der Waals surface area contributed by atoms with Gasteiger partial charge in [-0.25, -0.2) is 4.99 Å². The number of carbonyl (C=O) groups is 2. The van der Waals surface area contributed by atoms with Crippen LogP contribution in [0.3, 0.4) is 0 Å². The SMILES string of the molecule is CC1=N/C(=C\c2ccccc2)C(=O)N1CC(N)=O. The van der Waals surface area contributed by atoms with Crippen molar-refractivity contribution in [2.45, 2.75) is 6.92 Å². The summed E-state index contributed by atoms with van der Waals surface area (Å²) in [6, 6.07) is 9.41. The molecule has 1 aromatic carbocycles. The Morgan fingerprint density at radius 2 is 2.06 bits per heavy atom. The summed E-state index contributed by atoms with van der Waals surface area (Å²) >= 11 is 0. The molecule has 1 aliphatic heterocycles. The number of nitrogens with two attached hydrogens (primary N) is 1. The normalized spacial score (nSPS) is 17.2. The van der Waals surface area contributed by atoms with Gasteiger partial charge in [0.05, 0.1) is 0 Å².